The van der Waals surface area contributed by atoms with Gasteiger partial charge in [0.05, 0.1) is 5.69 Å². The molecule has 4 heteroatoms. The van der Waals surface area contributed by atoms with Gasteiger partial charge in [0, 0.05) is 19.0 Å². The van der Waals surface area contributed by atoms with E-state index in [2.05, 4.69) is 10.4 Å². The first-order valence-electron chi connectivity index (χ1n) is 4.48. The third-order valence-electron chi connectivity index (χ3n) is 2.28. The molecule has 0 unspecified atom stereocenters. The number of rotatable bonds is 2. The minimum absolute atomic E-state index is 0.263. The summed E-state index contributed by atoms with van der Waals surface area (Å²) in [4.78, 5) is 0. The highest BCUT2D eigenvalue weighted by Gasteiger charge is 2.10. The molecular weight excluding hydrogens is 181 g/mol. The van der Waals surface area contributed by atoms with Crippen LogP contribution in [0.2, 0.25) is 0 Å². The van der Waals surface area contributed by atoms with Crippen molar-refractivity contribution in [1.29, 1.82) is 0 Å². The molecule has 1 N–H and O–H groups in total. The summed E-state index contributed by atoms with van der Waals surface area (Å²) >= 11 is 0. The second kappa shape index (κ2) is 3.38. The topological polar surface area (TPSA) is 29.9 Å². The monoisotopic (exact) mass is 193 g/mol. The third kappa shape index (κ3) is 1.28. The van der Waals surface area contributed by atoms with Crippen molar-refractivity contribution < 1.29 is 4.39 Å². The molecule has 74 valence electrons. The van der Waals surface area contributed by atoms with Crippen LogP contribution in [0.3, 0.4) is 0 Å². The average Bonchev–Trinajstić information content (AvgIpc) is 2.47. The van der Waals surface area contributed by atoms with E-state index in [0.29, 0.717) is 12.1 Å². The highest BCUT2D eigenvalue weighted by molar-refractivity contribution is 5.82. The van der Waals surface area contributed by atoms with Gasteiger partial charge in [-0.2, -0.15) is 5.10 Å². The number of nitrogens with zero attached hydrogens (tertiary/aromatic N) is 2. The molecule has 0 spiro atoms. The van der Waals surface area contributed by atoms with Crippen molar-refractivity contribution in [3.63, 3.8) is 0 Å². The highest BCUT2D eigenvalue weighted by atomic mass is 19.1. The smallest absolute Gasteiger partial charge is 0.151 e. The Hall–Kier alpha value is -1.42. The maximum Gasteiger partial charge on any atom is 0.151 e. The van der Waals surface area contributed by atoms with Crippen LogP contribution in [0.4, 0.5) is 4.39 Å². The summed E-state index contributed by atoms with van der Waals surface area (Å²) in [6, 6.07) is 5.02. The van der Waals surface area contributed by atoms with E-state index in [9.17, 15) is 4.39 Å². The number of hydrogen-bond acceptors (Lipinski definition) is 2. The summed E-state index contributed by atoms with van der Waals surface area (Å²) in [6.45, 7) is 0.691. The normalized spacial score (nSPS) is 11.1. The zero-order chi connectivity index (χ0) is 10.1. The highest BCUT2D eigenvalue weighted by Crippen LogP contribution is 2.19. The van der Waals surface area contributed by atoms with E-state index in [1.807, 2.05) is 20.2 Å². The first kappa shape index (κ1) is 9.15. The van der Waals surface area contributed by atoms with Gasteiger partial charge in [-0.05, 0) is 13.1 Å². The molecule has 0 saturated heterocycles. The Bertz CT molecular complexity index is 462. The van der Waals surface area contributed by atoms with Gasteiger partial charge in [-0.15, -0.1) is 0 Å². The van der Waals surface area contributed by atoms with E-state index >= 15 is 0 Å². The lowest BCUT2D eigenvalue weighted by Gasteiger charge is -2.00. The van der Waals surface area contributed by atoms with E-state index in [-0.39, 0.29) is 5.82 Å². The van der Waals surface area contributed by atoms with Crippen LogP contribution < -0.4 is 5.32 Å². The van der Waals surface area contributed by atoms with E-state index in [1.165, 1.54) is 6.07 Å². The molecule has 0 saturated carbocycles. The standard InChI is InChI=1S/C10H12FN3/c1-12-6-9-7-4-3-5-8(11)10(7)13-14(9)2/h3-5,12H,6H2,1-2H3. The molecule has 0 aliphatic heterocycles. The predicted octanol–water partition coefficient (Wildman–Crippen LogP) is 1.43. The van der Waals surface area contributed by atoms with Gasteiger partial charge in [0.15, 0.2) is 5.82 Å². The first-order chi connectivity index (χ1) is 6.74. The maximum absolute atomic E-state index is 13.3. The SMILES string of the molecule is CNCc1c2cccc(F)c2nn1C. The zero-order valence-corrected chi connectivity index (χ0v) is 8.21. The lowest BCUT2D eigenvalue weighted by molar-refractivity contribution is 0.629. The molecule has 0 atom stereocenters. The molecular formula is C10H12FN3. The predicted molar refractivity (Wildman–Crippen MR) is 53.4 cm³/mol. The van der Waals surface area contributed by atoms with Gasteiger partial charge in [0.25, 0.3) is 0 Å². The largest absolute Gasteiger partial charge is 0.314 e. The maximum atomic E-state index is 13.3. The molecule has 2 rings (SSSR count). The molecule has 0 fully saturated rings. The Balaban J connectivity index is 2.70. The number of halogens is 1. The molecule has 1 aromatic heterocycles. The Labute approximate surface area is 81.5 Å². The molecule has 0 aliphatic rings. The number of nitrogens with one attached hydrogen (secondary N) is 1. The summed E-state index contributed by atoms with van der Waals surface area (Å²) in [6.07, 6.45) is 0. The van der Waals surface area contributed by atoms with E-state index < -0.39 is 0 Å². The number of benzene rings is 1. The summed E-state index contributed by atoms with van der Waals surface area (Å²) in [5, 5.41) is 8.05. The van der Waals surface area contributed by atoms with Crippen molar-refractivity contribution in [2.24, 2.45) is 7.05 Å². The van der Waals surface area contributed by atoms with E-state index in [0.717, 1.165) is 11.1 Å². The Morgan fingerprint density at radius 1 is 1.50 bits per heavy atom. The van der Waals surface area contributed by atoms with Crippen LogP contribution in [0, 0.1) is 5.82 Å². The van der Waals surface area contributed by atoms with Crippen molar-refractivity contribution in [2.45, 2.75) is 6.54 Å². The fourth-order valence-corrected chi connectivity index (χ4v) is 1.61. The van der Waals surface area contributed by atoms with Gasteiger partial charge < -0.3 is 5.32 Å². The number of aryl methyl sites for hydroxylation is 1. The van der Waals surface area contributed by atoms with Crippen LogP contribution in [0.15, 0.2) is 18.2 Å². The van der Waals surface area contributed by atoms with Crippen LogP contribution in [0.5, 0.6) is 0 Å². The van der Waals surface area contributed by atoms with Gasteiger partial charge in [0.2, 0.25) is 0 Å². The van der Waals surface area contributed by atoms with Crippen LogP contribution in [-0.2, 0) is 13.6 Å². The van der Waals surface area contributed by atoms with E-state index in [1.54, 1.807) is 10.7 Å². The summed E-state index contributed by atoms with van der Waals surface area (Å²) in [7, 11) is 3.68. The lowest BCUT2D eigenvalue weighted by atomic mass is 10.2. The molecule has 3 nitrogen and oxygen atoms in total. The van der Waals surface area contributed by atoms with Gasteiger partial charge in [-0.3, -0.25) is 4.68 Å². The minimum Gasteiger partial charge on any atom is -0.314 e. The molecule has 1 heterocycles. The fraction of sp³-hybridized carbons (Fsp3) is 0.300. The lowest BCUT2D eigenvalue weighted by Crippen LogP contribution is -2.09. The number of hydrogen-bond donors (Lipinski definition) is 1. The molecule has 1 aromatic carbocycles. The quantitative estimate of drug-likeness (QED) is 0.782. The van der Waals surface area contributed by atoms with Crippen LogP contribution in [0.1, 0.15) is 5.69 Å². The second-order valence-electron chi connectivity index (χ2n) is 3.24. The van der Waals surface area contributed by atoms with Crippen molar-refractivity contribution in [3.8, 4) is 0 Å². The Morgan fingerprint density at radius 3 is 3.00 bits per heavy atom. The average molecular weight is 193 g/mol. The van der Waals surface area contributed by atoms with Gasteiger partial charge in [0.1, 0.15) is 5.52 Å². The van der Waals surface area contributed by atoms with Crippen molar-refractivity contribution in [3.05, 3.63) is 29.7 Å². The molecule has 14 heavy (non-hydrogen) atoms. The molecule has 0 radical (unpaired) electrons. The number of aromatic nitrogens is 2. The molecule has 0 bridgehead atoms. The molecule has 0 aliphatic carbocycles. The van der Waals surface area contributed by atoms with Gasteiger partial charge in [-0.1, -0.05) is 12.1 Å². The van der Waals surface area contributed by atoms with Crippen LogP contribution >= 0.6 is 0 Å². The minimum atomic E-state index is -0.263. The third-order valence-corrected chi connectivity index (χ3v) is 2.28. The van der Waals surface area contributed by atoms with Crippen LogP contribution in [0.25, 0.3) is 10.9 Å². The summed E-state index contributed by atoms with van der Waals surface area (Å²) in [5.74, 6) is -0.263. The van der Waals surface area contributed by atoms with E-state index in [4.69, 9.17) is 0 Å². The summed E-state index contributed by atoms with van der Waals surface area (Å²) < 4.78 is 15.0. The van der Waals surface area contributed by atoms with Crippen molar-refractivity contribution in [1.82, 2.24) is 15.1 Å². The first-order valence-corrected chi connectivity index (χ1v) is 4.48. The fourth-order valence-electron chi connectivity index (χ4n) is 1.61. The second-order valence-corrected chi connectivity index (χ2v) is 3.24. The molecule has 2 aromatic rings. The number of fused-ring (bicyclic) bond motifs is 1. The Kier molecular flexibility index (Phi) is 2.21. The zero-order valence-electron chi connectivity index (χ0n) is 8.21. The van der Waals surface area contributed by atoms with Crippen LogP contribution in [-0.4, -0.2) is 16.8 Å². The van der Waals surface area contributed by atoms with Crippen molar-refractivity contribution >= 4 is 10.9 Å². The van der Waals surface area contributed by atoms with Gasteiger partial charge in [-0.25, -0.2) is 4.39 Å². The summed E-state index contributed by atoms with van der Waals surface area (Å²) in [5.41, 5.74) is 1.45. The Morgan fingerprint density at radius 2 is 2.29 bits per heavy atom. The molecule has 0 amide bonds. The van der Waals surface area contributed by atoms with Gasteiger partial charge >= 0.3 is 0 Å². The van der Waals surface area contributed by atoms with Crippen molar-refractivity contribution in [2.75, 3.05) is 7.05 Å².